The largest absolute Gasteiger partial charge is 0.396 e. The molecule has 4 rings (SSSR count). The van der Waals surface area contributed by atoms with Gasteiger partial charge in [-0.25, -0.2) is 4.98 Å². The van der Waals surface area contributed by atoms with Gasteiger partial charge in [0.25, 0.3) is 0 Å². The molecule has 0 aliphatic carbocycles. The minimum atomic E-state index is 0.0692. The number of aliphatic hydroxyl groups excluding tert-OH is 1. The molecule has 0 aliphatic heterocycles. The lowest BCUT2D eigenvalue weighted by atomic mass is 10.0. The molecule has 1 unspecified atom stereocenters. The maximum Gasteiger partial charge on any atom is 0.150 e. The van der Waals surface area contributed by atoms with E-state index in [1.165, 1.54) is 16.7 Å². The Kier molecular flexibility index (Phi) is 7.55. The number of benzene rings is 2. The van der Waals surface area contributed by atoms with Gasteiger partial charge >= 0.3 is 0 Å². The molecule has 0 amide bonds. The standard InChI is InChI=1S/C23H24N4.C3H8O/c1-14-3-10-19-20-12-17(13-26-22(20)23(25)27-21(19)11-14)5-4-16-6-8-18(9-7-16)15(2)24;1-2-3-4/h3,6-13,15H,4-5,24H2,1-2H3,(H2,25,27);4H,2-3H2,1H3. The average molecular weight is 417 g/mol. The van der Waals surface area contributed by atoms with Crippen LogP contribution in [0.5, 0.6) is 0 Å². The van der Waals surface area contributed by atoms with Gasteiger partial charge in [-0.05, 0) is 67.5 Å². The number of anilines is 1. The molecule has 0 fully saturated rings. The van der Waals surface area contributed by atoms with E-state index < -0.39 is 0 Å². The van der Waals surface area contributed by atoms with Crippen molar-refractivity contribution in [3.05, 3.63) is 77.0 Å². The molecule has 5 N–H and O–H groups in total. The molecule has 0 aliphatic rings. The number of hydrogen-bond donors (Lipinski definition) is 3. The first-order chi connectivity index (χ1) is 14.9. The van der Waals surface area contributed by atoms with Gasteiger partial charge in [-0.15, -0.1) is 0 Å². The normalized spacial score (nSPS) is 11.9. The third kappa shape index (κ3) is 5.57. The second-order valence-corrected chi connectivity index (χ2v) is 8.01. The van der Waals surface area contributed by atoms with E-state index in [0.29, 0.717) is 12.4 Å². The number of hydrogen-bond acceptors (Lipinski definition) is 5. The van der Waals surface area contributed by atoms with Crippen LogP contribution in [0.4, 0.5) is 5.82 Å². The summed E-state index contributed by atoms with van der Waals surface area (Å²) in [4.78, 5) is 9.11. The van der Waals surface area contributed by atoms with Crippen molar-refractivity contribution in [2.45, 2.75) is 46.1 Å². The number of aryl methyl sites for hydroxylation is 3. The Bertz CT molecular complexity index is 1150. The van der Waals surface area contributed by atoms with Gasteiger partial charge in [0.15, 0.2) is 5.82 Å². The van der Waals surface area contributed by atoms with Crippen LogP contribution < -0.4 is 11.5 Å². The number of pyridine rings is 2. The molecule has 0 saturated carbocycles. The fourth-order valence-corrected chi connectivity index (χ4v) is 3.48. The number of aliphatic hydroxyl groups is 1. The van der Waals surface area contributed by atoms with E-state index in [9.17, 15) is 0 Å². The monoisotopic (exact) mass is 416 g/mol. The van der Waals surface area contributed by atoms with Gasteiger partial charge in [-0.3, -0.25) is 4.98 Å². The molecule has 2 aromatic carbocycles. The zero-order valence-corrected chi connectivity index (χ0v) is 18.6. The van der Waals surface area contributed by atoms with E-state index in [0.717, 1.165) is 46.6 Å². The highest BCUT2D eigenvalue weighted by Gasteiger charge is 2.09. The van der Waals surface area contributed by atoms with Crippen molar-refractivity contribution >= 4 is 27.6 Å². The van der Waals surface area contributed by atoms with Crippen LogP contribution in [0.15, 0.2) is 54.7 Å². The quantitative estimate of drug-likeness (QED) is 0.403. The number of nitrogens with two attached hydrogens (primary N) is 2. The summed E-state index contributed by atoms with van der Waals surface area (Å²) in [5.41, 5.74) is 18.6. The lowest BCUT2D eigenvalue weighted by Crippen LogP contribution is -2.04. The lowest BCUT2D eigenvalue weighted by Gasteiger charge is -2.10. The minimum Gasteiger partial charge on any atom is -0.396 e. The molecule has 162 valence electrons. The summed E-state index contributed by atoms with van der Waals surface area (Å²) in [7, 11) is 0. The van der Waals surface area contributed by atoms with Crippen LogP contribution in [0.25, 0.3) is 21.8 Å². The van der Waals surface area contributed by atoms with Gasteiger partial charge < -0.3 is 16.6 Å². The summed E-state index contributed by atoms with van der Waals surface area (Å²) in [5.74, 6) is 0.487. The van der Waals surface area contributed by atoms with Crippen molar-refractivity contribution in [2.75, 3.05) is 12.3 Å². The number of aromatic nitrogens is 2. The van der Waals surface area contributed by atoms with Gasteiger partial charge in [-0.2, -0.15) is 0 Å². The Hall–Kier alpha value is -3.02. The minimum absolute atomic E-state index is 0.0692. The van der Waals surface area contributed by atoms with Gasteiger partial charge in [0.05, 0.1) is 5.52 Å². The molecule has 0 bridgehead atoms. The van der Waals surface area contributed by atoms with E-state index in [1.807, 2.05) is 20.0 Å². The van der Waals surface area contributed by atoms with Gasteiger partial charge in [0.1, 0.15) is 5.52 Å². The van der Waals surface area contributed by atoms with Crippen LogP contribution in [0.3, 0.4) is 0 Å². The second kappa shape index (κ2) is 10.3. The van der Waals surface area contributed by atoms with Crippen molar-refractivity contribution in [1.29, 1.82) is 0 Å². The Morgan fingerprint density at radius 3 is 2.29 bits per heavy atom. The van der Waals surface area contributed by atoms with E-state index >= 15 is 0 Å². The maximum atomic E-state index is 7.88. The summed E-state index contributed by atoms with van der Waals surface area (Å²) in [6.07, 6.45) is 4.68. The predicted molar refractivity (Wildman–Crippen MR) is 130 cm³/mol. The van der Waals surface area contributed by atoms with Gasteiger partial charge in [0.2, 0.25) is 0 Å². The van der Waals surface area contributed by atoms with E-state index in [4.69, 9.17) is 16.6 Å². The Morgan fingerprint density at radius 1 is 0.968 bits per heavy atom. The maximum absolute atomic E-state index is 7.88. The SMILES string of the molecule is CCCO.Cc1ccc2c(c1)nc(N)c1ncc(CCc3ccc(C(C)N)cc3)cc12. The molecule has 2 aromatic heterocycles. The number of nitrogens with zero attached hydrogens (tertiary/aromatic N) is 2. The predicted octanol–water partition coefficient (Wildman–Crippen LogP) is 4.87. The van der Waals surface area contributed by atoms with E-state index in [2.05, 4.69) is 65.4 Å². The molecule has 0 spiro atoms. The summed E-state index contributed by atoms with van der Waals surface area (Å²) in [6, 6.07) is 17.1. The number of rotatable bonds is 5. The zero-order chi connectivity index (χ0) is 22.4. The highest BCUT2D eigenvalue weighted by Crippen LogP contribution is 2.28. The molecule has 4 aromatic rings. The summed E-state index contributed by atoms with van der Waals surface area (Å²) >= 11 is 0. The topological polar surface area (TPSA) is 98.0 Å². The Morgan fingerprint density at radius 2 is 1.65 bits per heavy atom. The highest BCUT2D eigenvalue weighted by atomic mass is 16.2. The van der Waals surface area contributed by atoms with E-state index in [1.54, 1.807) is 0 Å². The highest BCUT2D eigenvalue weighted by molar-refractivity contribution is 6.08. The average Bonchev–Trinajstić information content (AvgIpc) is 2.78. The molecular weight excluding hydrogens is 384 g/mol. The molecule has 0 saturated heterocycles. The van der Waals surface area contributed by atoms with Crippen molar-refractivity contribution in [2.24, 2.45) is 5.73 Å². The Balaban J connectivity index is 0.000000628. The van der Waals surface area contributed by atoms with Crippen molar-refractivity contribution in [1.82, 2.24) is 9.97 Å². The van der Waals surface area contributed by atoms with Crippen LogP contribution in [0, 0.1) is 6.92 Å². The van der Waals surface area contributed by atoms with E-state index in [-0.39, 0.29) is 6.04 Å². The number of fused-ring (bicyclic) bond motifs is 3. The Labute approximate surface area is 184 Å². The third-order valence-corrected chi connectivity index (χ3v) is 5.30. The fourth-order valence-electron chi connectivity index (χ4n) is 3.48. The first kappa shape index (κ1) is 22.7. The van der Waals surface area contributed by atoms with Crippen LogP contribution >= 0.6 is 0 Å². The number of nitrogen functional groups attached to an aromatic ring is 1. The zero-order valence-electron chi connectivity index (χ0n) is 18.6. The molecular formula is C26H32N4O. The fraction of sp³-hybridized carbons (Fsp3) is 0.308. The first-order valence-electron chi connectivity index (χ1n) is 10.8. The van der Waals surface area contributed by atoms with Crippen LogP contribution in [0.1, 0.15) is 48.6 Å². The summed E-state index contributed by atoms with van der Waals surface area (Å²) in [6.45, 7) is 6.31. The third-order valence-electron chi connectivity index (χ3n) is 5.30. The van der Waals surface area contributed by atoms with Crippen LogP contribution in [0.2, 0.25) is 0 Å². The smallest absolute Gasteiger partial charge is 0.150 e. The summed E-state index contributed by atoms with van der Waals surface area (Å²) < 4.78 is 0. The van der Waals surface area contributed by atoms with Crippen molar-refractivity contribution in [3.63, 3.8) is 0 Å². The molecule has 1 atom stereocenters. The van der Waals surface area contributed by atoms with Crippen LogP contribution in [-0.4, -0.2) is 21.7 Å². The lowest BCUT2D eigenvalue weighted by molar-refractivity contribution is 0.295. The van der Waals surface area contributed by atoms with Gasteiger partial charge in [-0.1, -0.05) is 43.3 Å². The first-order valence-corrected chi connectivity index (χ1v) is 10.8. The summed E-state index contributed by atoms with van der Waals surface area (Å²) in [5, 5.41) is 10.0. The second-order valence-electron chi connectivity index (χ2n) is 8.01. The molecule has 0 radical (unpaired) electrons. The van der Waals surface area contributed by atoms with Crippen molar-refractivity contribution < 1.29 is 5.11 Å². The molecule has 31 heavy (non-hydrogen) atoms. The molecule has 5 nitrogen and oxygen atoms in total. The molecule has 5 heteroatoms. The van der Waals surface area contributed by atoms with Crippen molar-refractivity contribution in [3.8, 4) is 0 Å². The van der Waals surface area contributed by atoms with Gasteiger partial charge in [0, 0.05) is 29.6 Å². The van der Waals surface area contributed by atoms with Crippen LogP contribution in [-0.2, 0) is 12.8 Å². The molecule has 2 heterocycles.